The average Bonchev–Trinajstić information content (AvgIpc) is 2.91. The third kappa shape index (κ3) is 5.74. The summed E-state index contributed by atoms with van der Waals surface area (Å²) in [4.78, 5) is 13.9. The summed E-state index contributed by atoms with van der Waals surface area (Å²) in [6.45, 7) is 1.04. The van der Waals surface area contributed by atoms with Crippen molar-refractivity contribution in [2.75, 3.05) is 39.8 Å². The van der Waals surface area contributed by atoms with Gasteiger partial charge in [-0.3, -0.25) is 0 Å². The van der Waals surface area contributed by atoms with E-state index in [4.69, 9.17) is 31.2 Å². The van der Waals surface area contributed by atoms with Crippen molar-refractivity contribution in [3.05, 3.63) is 81.8 Å². The van der Waals surface area contributed by atoms with Crippen molar-refractivity contribution >= 4 is 44.9 Å². The first-order chi connectivity index (χ1) is 17.4. The normalized spacial score (nSPS) is 14.4. The molecule has 0 aliphatic carbocycles. The van der Waals surface area contributed by atoms with Gasteiger partial charge in [0.1, 0.15) is 12.4 Å². The number of fused-ring (bicyclic) bond motifs is 1. The lowest BCUT2D eigenvalue weighted by atomic mass is 9.92. The Hall–Kier alpha value is -3.30. The minimum atomic E-state index is -0.389. The number of nitrogens with zero attached hydrogens (tertiary/aromatic N) is 1. The van der Waals surface area contributed by atoms with Crippen LogP contribution in [-0.4, -0.2) is 50.5 Å². The highest BCUT2D eigenvalue weighted by Crippen LogP contribution is 2.38. The Bertz CT molecular complexity index is 1230. The molecule has 0 spiro atoms. The van der Waals surface area contributed by atoms with Gasteiger partial charge in [-0.25, -0.2) is 4.79 Å². The van der Waals surface area contributed by atoms with Gasteiger partial charge in [-0.1, -0.05) is 15.9 Å². The molecule has 3 aromatic rings. The van der Waals surface area contributed by atoms with Crippen molar-refractivity contribution in [1.29, 1.82) is 0 Å². The number of anilines is 1. The number of methoxy groups -OCH3 is 3. The molecule has 3 aromatic carbocycles. The number of ether oxygens (including phenoxy) is 4. The molecule has 0 saturated carbocycles. The van der Waals surface area contributed by atoms with Gasteiger partial charge in [-0.05, 0) is 90.4 Å². The van der Waals surface area contributed by atoms with Crippen LogP contribution in [0.15, 0.2) is 65.1 Å². The Kier molecular flexibility index (Phi) is 8.32. The van der Waals surface area contributed by atoms with E-state index in [9.17, 15) is 4.79 Å². The Morgan fingerprint density at radius 1 is 1.03 bits per heavy atom. The number of carbonyl (C=O) groups is 1. The van der Waals surface area contributed by atoms with E-state index in [2.05, 4.69) is 26.1 Å². The molecule has 0 saturated heterocycles. The monoisotopic (exact) mass is 570 g/mol. The van der Waals surface area contributed by atoms with Crippen LogP contribution < -0.4 is 19.5 Å². The molecule has 0 bridgehead atoms. The van der Waals surface area contributed by atoms with E-state index in [1.54, 1.807) is 38.5 Å². The Morgan fingerprint density at radius 3 is 2.33 bits per heavy atom. The first kappa shape index (κ1) is 25.8. The topological polar surface area (TPSA) is 69.3 Å². The van der Waals surface area contributed by atoms with Gasteiger partial charge in [-0.15, -0.1) is 0 Å². The van der Waals surface area contributed by atoms with E-state index in [-0.39, 0.29) is 12.0 Å². The van der Waals surface area contributed by atoms with Gasteiger partial charge in [0.05, 0.1) is 32.9 Å². The predicted molar refractivity (Wildman–Crippen MR) is 146 cm³/mol. The molecule has 0 radical (unpaired) electrons. The molecule has 1 aliphatic heterocycles. The molecule has 9 heteroatoms. The first-order valence-corrected chi connectivity index (χ1v) is 12.5. The number of thiocarbonyl (C=S) groups is 1. The van der Waals surface area contributed by atoms with Crippen molar-refractivity contribution in [3.63, 3.8) is 0 Å². The second-order valence-electron chi connectivity index (χ2n) is 8.13. The van der Waals surface area contributed by atoms with E-state index in [1.165, 1.54) is 7.11 Å². The molecule has 188 valence electrons. The summed E-state index contributed by atoms with van der Waals surface area (Å²) in [7, 11) is 4.62. The second-order valence-corrected chi connectivity index (χ2v) is 9.43. The minimum absolute atomic E-state index is 0.177. The van der Waals surface area contributed by atoms with Gasteiger partial charge in [0.15, 0.2) is 16.6 Å². The molecule has 36 heavy (non-hydrogen) atoms. The molecule has 0 aromatic heterocycles. The van der Waals surface area contributed by atoms with Crippen LogP contribution >= 0.6 is 28.1 Å². The van der Waals surface area contributed by atoms with Gasteiger partial charge in [0, 0.05) is 16.7 Å². The van der Waals surface area contributed by atoms with Crippen LogP contribution in [0.2, 0.25) is 0 Å². The summed E-state index contributed by atoms with van der Waals surface area (Å²) in [6, 6.07) is 18.6. The van der Waals surface area contributed by atoms with Gasteiger partial charge >= 0.3 is 5.97 Å². The molecule has 1 unspecified atom stereocenters. The van der Waals surface area contributed by atoms with Gasteiger partial charge in [0.25, 0.3) is 0 Å². The summed E-state index contributed by atoms with van der Waals surface area (Å²) in [5.41, 5.74) is 3.58. The van der Waals surface area contributed by atoms with Gasteiger partial charge < -0.3 is 29.2 Å². The number of halogens is 1. The zero-order valence-corrected chi connectivity index (χ0v) is 22.6. The third-order valence-corrected chi connectivity index (χ3v) is 6.91. The lowest BCUT2D eigenvalue weighted by Gasteiger charge is -2.39. The number of rotatable bonds is 7. The van der Waals surface area contributed by atoms with Crippen LogP contribution in [0.25, 0.3) is 0 Å². The van der Waals surface area contributed by atoms with Crippen LogP contribution in [0.3, 0.4) is 0 Å². The highest BCUT2D eigenvalue weighted by atomic mass is 79.9. The van der Waals surface area contributed by atoms with Crippen molar-refractivity contribution in [3.8, 4) is 17.2 Å². The van der Waals surface area contributed by atoms with Crippen LogP contribution in [0, 0.1) is 0 Å². The van der Waals surface area contributed by atoms with Crippen LogP contribution in [-0.2, 0) is 11.2 Å². The molecule has 1 aliphatic rings. The minimum Gasteiger partial charge on any atom is -0.493 e. The number of benzene rings is 3. The van der Waals surface area contributed by atoms with Crippen LogP contribution in [0.1, 0.15) is 27.5 Å². The number of carbonyl (C=O) groups excluding carboxylic acids is 1. The second kappa shape index (κ2) is 11.6. The highest BCUT2D eigenvalue weighted by Gasteiger charge is 2.31. The summed E-state index contributed by atoms with van der Waals surface area (Å²) in [5.74, 6) is 1.59. The number of hydrogen-bond donors (Lipinski definition) is 1. The molecular formula is C27H27BrN2O5S. The number of hydrogen-bond acceptors (Lipinski definition) is 6. The standard InChI is InChI=1S/C27H27BrN2O5S/c1-32-24-14-18-12-13-30(27(36)29-20-8-6-19(28)7-9-20)23(22(18)15-25(24)33-2)16-35-21-10-4-17(5-11-21)26(31)34-3/h4-11,14-15,23H,12-13,16H2,1-3H3,(H,29,36). The van der Waals surface area contributed by atoms with E-state index in [1.807, 2.05) is 36.4 Å². The SMILES string of the molecule is COC(=O)c1ccc(OCC2c3cc(OC)c(OC)cc3CCN2C(=S)Nc2ccc(Br)cc2)cc1. The number of esters is 1. The summed E-state index contributed by atoms with van der Waals surface area (Å²) in [6.07, 6.45) is 0.794. The zero-order chi connectivity index (χ0) is 25.7. The highest BCUT2D eigenvalue weighted by molar-refractivity contribution is 9.10. The maximum absolute atomic E-state index is 11.8. The van der Waals surface area contributed by atoms with Crippen molar-refractivity contribution in [2.45, 2.75) is 12.5 Å². The average molecular weight is 571 g/mol. The Labute approximate surface area is 224 Å². The lowest BCUT2D eigenvalue weighted by molar-refractivity contribution is 0.0600. The lowest BCUT2D eigenvalue weighted by Crippen LogP contribution is -2.44. The largest absolute Gasteiger partial charge is 0.493 e. The van der Waals surface area contributed by atoms with E-state index < -0.39 is 0 Å². The van der Waals surface area contributed by atoms with Gasteiger partial charge in [-0.2, -0.15) is 0 Å². The fraction of sp³-hybridized carbons (Fsp3) is 0.259. The van der Waals surface area contributed by atoms with Crippen LogP contribution in [0.5, 0.6) is 17.2 Å². The van der Waals surface area contributed by atoms with E-state index in [0.717, 1.165) is 27.7 Å². The first-order valence-electron chi connectivity index (χ1n) is 11.3. The molecule has 7 nitrogen and oxygen atoms in total. The Morgan fingerprint density at radius 2 is 1.69 bits per heavy atom. The smallest absolute Gasteiger partial charge is 0.337 e. The zero-order valence-electron chi connectivity index (χ0n) is 20.2. The molecule has 0 amide bonds. The Balaban J connectivity index is 1.61. The third-order valence-electron chi connectivity index (χ3n) is 6.04. The molecule has 1 N–H and O–H groups in total. The van der Waals surface area contributed by atoms with E-state index >= 15 is 0 Å². The van der Waals surface area contributed by atoms with Gasteiger partial charge in [0.2, 0.25) is 0 Å². The number of nitrogens with one attached hydrogen (secondary N) is 1. The molecule has 1 atom stereocenters. The van der Waals surface area contributed by atoms with Crippen molar-refractivity contribution in [2.24, 2.45) is 0 Å². The quantitative estimate of drug-likeness (QED) is 0.289. The molecule has 1 heterocycles. The maximum atomic E-state index is 11.8. The fourth-order valence-corrected chi connectivity index (χ4v) is 4.76. The molecule has 0 fully saturated rings. The van der Waals surface area contributed by atoms with Crippen molar-refractivity contribution in [1.82, 2.24) is 4.90 Å². The van der Waals surface area contributed by atoms with Crippen LogP contribution in [0.4, 0.5) is 5.69 Å². The van der Waals surface area contributed by atoms with Crippen molar-refractivity contribution < 1.29 is 23.7 Å². The summed E-state index contributed by atoms with van der Waals surface area (Å²) >= 11 is 9.30. The van der Waals surface area contributed by atoms with E-state index in [0.29, 0.717) is 41.1 Å². The molecular weight excluding hydrogens is 544 g/mol. The summed E-state index contributed by atoms with van der Waals surface area (Å²) < 4.78 is 23.1. The molecule has 4 rings (SSSR count). The summed E-state index contributed by atoms with van der Waals surface area (Å²) in [5, 5.41) is 3.95. The maximum Gasteiger partial charge on any atom is 0.337 e. The fourth-order valence-electron chi connectivity index (χ4n) is 4.16. The predicted octanol–water partition coefficient (Wildman–Crippen LogP) is 5.63.